The van der Waals surface area contributed by atoms with E-state index < -0.39 is 17.3 Å². The van der Waals surface area contributed by atoms with Crippen LogP contribution in [0.1, 0.15) is 12.8 Å². The molecule has 0 aliphatic carbocycles. The molecule has 0 N–H and O–H groups in total. The molecular formula is C11H10F2N2O2. The smallest absolute Gasteiger partial charge is 0.190 e. The topological polar surface area (TPSA) is 49.7 Å². The van der Waals surface area contributed by atoms with E-state index in [2.05, 4.69) is 5.18 Å². The molecule has 1 aromatic rings. The van der Waals surface area contributed by atoms with Crippen molar-refractivity contribution < 1.29 is 13.6 Å². The average Bonchev–Trinajstić information content (AvgIpc) is 2.34. The zero-order valence-corrected chi connectivity index (χ0v) is 8.95. The maximum atomic E-state index is 13.6. The van der Waals surface area contributed by atoms with Crippen LogP contribution >= 0.6 is 0 Å². The molecule has 6 heteroatoms. The maximum Gasteiger partial charge on any atom is 0.190 e. The fourth-order valence-electron chi connectivity index (χ4n) is 1.84. The van der Waals surface area contributed by atoms with Gasteiger partial charge in [0.05, 0.1) is 5.69 Å². The van der Waals surface area contributed by atoms with Crippen LogP contribution in [0.25, 0.3) is 0 Å². The summed E-state index contributed by atoms with van der Waals surface area (Å²) in [6, 6.07) is 2.45. The van der Waals surface area contributed by atoms with Crippen molar-refractivity contribution in [3.63, 3.8) is 0 Å². The highest BCUT2D eigenvalue weighted by Gasteiger charge is 2.22. The highest BCUT2D eigenvalue weighted by Crippen LogP contribution is 2.29. The fraction of sp³-hybridized carbons (Fsp3) is 0.364. The monoisotopic (exact) mass is 240 g/mol. The van der Waals surface area contributed by atoms with E-state index in [9.17, 15) is 18.5 Å². The second kappa shape index (κ2) is 4.57. The van der Waals surface area contributed by atoms with Crippen LogP contribution in [0, 0.1) is 16.5 Å². The lowest BCUT2D eigenvalue weighted by Crippen LogP contribution is -2.34. The fourth-order valence-corrected chi connectivity index (χ4v) is 1.84. The molecule has 1 aliphatic rings. The summed E-state index contributed by atoms with van der Waals surface area (Å²) in [6.07, 6.45) is 0.656. The Kier molecular flexibility index (Phi) is 3.12. The van der Waals surface area contributed by atoms with Crippen molar-refractivity contribution in [3.8, 4) is 0 Å². The summed E-state index contributed by atoms with van der Waals surface area (Å²) in [5.74, 6) is -2.21. The van der Waals surface area contributed by atoms with Crippen molar-refractivity contribution in [3.05, 3.63) is 28.7 Å². The Labute approximate surface area is 96.2 Å². The van der Waals surface area contributed by atoms with Gasteiger partial charge in [-0.1, -0.05) is 0 Å². The van der Waals surface area contributed by atoms with Crippen molar-refractivity contribution in [2.45, 2.75) is 12.8 Å². The Bertz CT molecular complexity index is 467. The van der Waals surface area contributed by atoms with Gasteiger partial charge in [0.25, 0.3) is 0 Å². The van der Waals surface area contributed by atoms with Crippen LogP contribution in [-0.2, 0) is 4.79 Å². The minimum atomic E-state index is -1.24. The van der Waals surface area contributed by atoms with Crippen LogP contribution in [0.15, 0.2) is 17.3 Å². The molecule has 2 rings (SSSR count). The molecule has 0 spiro atoms. The molecule has 0 bridgehead atoms. The van der Waals surface area contributed by atoms with Gasteiger partial charge in [-0.25, -0.2) is 8.78 Å². The van der Waals surface area contributed by atoms with E-state index >= 15 is 0 Å². The number of ketones is 1. The quantitative estimate of drug-likeness (QED) is 0.746. The van der Waals surface area contributed by atoms with E-state index in [1.165, 1.54) is 6.07 Å². The van der Waals surface area contributed by atoms with Gasteiger partial charge in [0, 0.05) is 25.9 Å². The zero-order chi connectivity index (χ0) is 12.4. The first-order valence-corrected chi connectivity index (χ1v) is 5.21. The second-order valence-corrected chi connectivity index (χ2v) is 3.85. The summed E-state index contributed by atoms with van der Waals surface area (Å²) in [5.41, 5.74) is -0.471. The van der Waals surface area contributed by atoms with Gasteiger partial charge in [-0.15, -0.1) is 4.91 Å². The van der Waals surface area contributed by atoms with Crippen LogP contribution in [0.2, 0.25) is 0 Å². The number of carbonyl (C=O) groups excluding carboxylic acids is 1. The molecule has 1 saturated heterocycles. The van der Waals surface area contributed by atoms with Crippen LogP contribution in [0.3, 0.4) is 0 Å². The summed E-state index contributed by atoms with van der Waals surface area (Å²) in [7, 11) is 0. The van der Waals surface area contributed by atoms with E-state index in [-0.39, 0.29) is 11.5 Å². The molecule has 0 saturated carbocycles. The Hall–Kier alpha value is -1.85. The predicted octanol–water partition coefficient (Wildman–Crippen LogP) is 2.53. The number of halogens is 2. The van der Waals surface area contributed by atoms with Gasteiger partial charge >= 0.3 is 0 Å². The lowest BCUT2D eigenvalue weighted by molar-refractivity contribution is -0.119. The lowest BCUT2D eigenvalue weighted by Gasteiger charge is -2.28. The molecule has 0 aromatic heterocycles. The second-order valence-electron chi connectivity index (χ2n) is 3.85. The van der Waals surface area contributed by atoms with E-state index in [4.69, 9.17) is 0 Å². The maximum absolute atomic E-state index is 13.6. The van der Waals surface area contributed by atoms with Crippen molar-refractivity contribution >= 4 is 17.2 Å². The third kappa shape index (κ3) is 2.15. The third-order valence-electron chi connectivity index (χ3n) is 2.80. The van der Waals surface area contributed by atoms with E-state index in [1.54, 1.807) is 4.90 Å². The highest BCUT2D eigenvalue weighted by atomic mass is 19.2. The van der Waals surface area contributed by atoms with Crippen molar-refractivity contribution in [1.29, 1.82) is 0 Å². The van der Waals surface area contributed by atoms with Crippen molar-refractivity contribution in [2.24, 2.45) is 5.18 Å². The molecule has 0 atom stereocenters. The number of anilines is 1. The van der Waals surface area contributed by atoms with Gasteiger partial charge in [0.1, 0.15) is 11.5 Å². The van der Waals surface area contributed by atoms with Crippen molar-refractivity contribution in [1.82, 2.24) is 0 Å². The molecule has 4 nitrogen and oxygen atoms in total. The Morgan fingerprint density at radius 2 is 1.76 bits per heavy atom. The van der Waals surface area contributed by atoms with Gasteiger partial charge < -0.3 is 4.90 Å². The Morgan fingerprint density at radius 1 is 1.12 bits per heavy atom. The summed E-state index contributed by atoms with van der Waals surface area (Å²) in [4.78, 5) is 22.8. The van der Waals surface area contributed by atoms with Gasteiger partial charge in [0.15, 0.2) is 11.6 Å². The largest absolute Gasteiger partial charge is 0.368 e. The highest BCUT2D eigenvalue weighted by molar-refractivity contribution is 5.81. The molecule has 1 fully saturated rings. The minimum absolute atomic E-state index is 0.0717. The molecule has 17 heavy (non-hydrogen) atoms. The Morgan fingerprint density at radius 3 is 2.35 bits per heavy atom. The SMILES string of the molecule is O=Nc1ccc(N2CCC(=O)CC2)c(F)c1F. The molecule has 0 unspecified atom stereocenters. The molecule has 1 aromatic carbocycles. The minimum Gasteiger partial charge on any atom is -0.368 e. The molecule has 0 radical (unpaired) electrons. The average molecular weight is 240 g/mol. The number of nitrogens with zero attached hydrogens (tertiary/aromatic N) is 2. The van der Waals surface area contributed by atoms with Gasteiger partial charge in [-0.3, -0.25) is 4.79 Å². The zero-order valence-electron chi connectivity index (χ0n) is 8.95. The van der Waals surface area contributed by atoms with Crippen LogP contribution in [0.4, 0.5) is 20.2 Å². The van der Waals surface area contributed by atoms with Gasteiger partial charge in [-0.05, 0) is 17.3 Å². The van der Waals surface area contributed by atoms with Gasteiger partial charge in [-0.2, -0.15) is 0 Å². The molecule has 1 heterocycles. The normalized spacial score (nSPS) is 16.1. The summed E-state index contributed by atoms with van der Waals surface area (Å²) >= 11 is 0. The van der Waals surface area contributed by atoms with Crippen LogP contribution in [0.5, 0.6) is 0 Å². The number of hydrogen-bond donors (Lipinski definition) is 0. The first-order chi connectivity index (χ1) is 8.13. The number of piperidine rings is 1. The number of carbonyl (C=O) groups is 1. The summed E-state index contributed by atoms with van der Waals surface area (Å²) in [6.45, 7) is 0.728. The molecular weight excluding hydrogens is 230 g/mol. The van der Waals surface area contributed by atoms with Gasteiger partial charge in [0.2, 0.25) is 0 Å². The first-order valence-electron chi connectivity index (χ1n) is 5.21. The number of rotatable bonds is 2. The Balaban J connectivity index is 2.30. The summed E-state index contributed by atoms with van der Waals surface area (Å²) < 4.78 is 27.0. The standard InChI is InChI=1S/C11H10F2N2O2/c12-10-8(14-17)1-2-9(11(10)13)15-5-3-7(16)4-6-15/h1-2H,3-6H2. The van der Waals surface area contributed by atoms with E-state index in [1.807, 2.05) is 0 Å². The van der Waals surface area contributed by atoms with Crippen molar-refractivity contribution in [2.75, 3.05) is 18.0 Å². The molecule has 1 aliphatic heterocycles. The van der Waals surface area contributed by atoms with Crippen LogP contribution < -0.4 is 4.90 Å². The summed E-state index contributed by atoms with van der Waals surface area (Å²) in [5, 5.41) is 2.39. The molecule has 90 valence electrons. The van der Waals surface area contributed by atoms with E-state index in [0.717, 1.165) is 6.07 Å². The number of nitroso groups, excluding NO2 is 1. The predicted molar refractivity (Wildman–Crippen MR) is 58.3 cm³/mol. The first kappa shape index (κ1) is 11.6. The van der Waals surface area contributed by atoms with E-state index in [0.29, 0.717) is 25.9 Å². The third-order valence-corrected chi connectivity index (χ3v) is 2.80. The number of benzene rings is 1. The molecule has 0 amide bonds. The van der Waals surface area contributed by atoms with Crippen LogP contribution in [-0.4, -0.2) is 18.9 Å². The number of hydrogen-bond acceptors (Lipinski definition) is 4. The lowest BCUT2D eigenvalue weighted by atomic mass is 10.1. The number of Topliss-reactive ketones (excluding diaryl/α,β-unsaturated/α-hetero) is 1.